The van der Waals surface area contributed by atoms with Gasteiger partial charge in [-0.15, -0.1) is 0 Å². The van der Waals surface area contributed by atoms with E-state index in [1.54, 1.807) is 12.1 Å². The van der Waals surface area contributed by atoms with Crippen molar-refractivity contribution in [1.29, 1.82) is 0 Å². The number of nitrogens with one attached hydrogen (secondary N) is 1. The summed E-state index contributed by atoms with van der Waals surface area (Å²) in [6.45, 7) is 6.71. The molecule has 0 aliphatic heterocycles. The van der Waals surface area contributed by atoms with Gasteiger partial charge in [0.1, 0.15) is 5.82 Å². The smallest absolute Gasteiger partial charge is 0.251 e. The van der Waals surface area contributed by atoms with Crippen LogP contribution in [0.4, 0.5) is 4.39 Å². The Bertz CT molecular complexity index is 851. The minimum Gasteiger partial charge on any atom is -0.390 e. The molecule has 1 amide bonds. The number of amides is 1. The molecule has 0 spiro atoms. The Morgan fingerprint density at radius 1 is 1.00 bits per heavy atom. The maximum absolute atomic E-state index is 13.2. The number of aliphatic hydroxyl groups is 1. The maximum Gasteiger partial charge on any atom is 0.251 e. The number of halogens is 1. The monoisotopic (exact) mass is 441 g/mol. The SMILES string of the molecule is C[C@@H](NC(=O)c1ccc(F)cc1)C1CC[C@H]2[C@@H]3CC[C@@H]4C[C@](C)(O)CC[C@@H]4[C@H]3CC[C@]12C. The third kappa shape index (κ3) is 3.81. The summed E-state index contributed by atoms with van der Waals surface area (Å²) in [5, 5.41) is 13.9. The molecule has 5 rings (SSSR count). The van der Waals surface area contributed by atoms with Crippen LogP contribution < -0.4 is 5.32 Å². The highest BCUT2D eigenvalue weighted by Crippen LogP contribution is 2.65. The Labute approximate surface area is 192 Å². The van der Waals surface area contributed by atoms with E-state index in [0.717, 1.165) is 42.4 Å². The minimum atomic E-state index is -0.451. The first-order chi connectivity index (χ1) is 15.2. The first-order valence-electron chi connectivity index (χ1n) is 13.0. The van der Waals surface area contributed by atoms with Crippen molar-refractivity contribution in [2.45, 2.75) is 90.2 Å². The van der Waals surface area contributed by atoms with Crippen molar-refractivity contribution >= 4 is 5.91 Å². The lowest BCUT2D eigenvalue weighted by Gasteiger charge is -2.57. The van der Waals surface area contributed by atoms with Gasteiger partial charge in [-0.2, -0.15) is 0 Å². The van der Waals surface area contributed by atoms with Gasteiger partial charge >= 0.3 is 0 Å². The van der Waals surface area contributed by atoms with Gasteiger partial charge in [0.15, 0.2) is 0 Å². The fraction of sp³-hybridized carbons (Fsp3) is 0.750. The van der Waals surface area contributed by atoms with Crippen LogP contribution in [-0.2, 0) is 0 Å². The van der Waals surface area contributed by atoms with Crippen LogP contribution in [0.25, 0.3) is 0 Å². The molecular formula is C28H40FNO2. The molecule has 0 saturated heterocycles. The predicted molar refractivity (Wildman–Crippen MR) is 125 cm³/mol. The number of carbonyl (C=O) groups is 1. The van der Waals surface area contributed by atoms with Gasteiger partial charge in [0, 0.05) is 11.6 Å². The predicted octanol–water partition coefficient (Wildman–Crippen LogP) is 5.96. The van der Waals surface area contributed by atoms with Crippen LogP contribution in [0.5, 0.6) is 0 Å². The standard InChI is InChI=1S/C28H40FNO2/c1-17(30-26(31)18-4-7-20(29)8-5-18)24-10-11-25-23-9-6-19-16-27(2,32)14-12-21(19)22(23)13-15-28(24,25)3/h4-5,7-8,17,19,21-25,32H,6,9-16H2,1-3H3,(H,30,31)/t17-,19-,21+,22-,23-,24?,25+,27-,28-/m1/s1. The van der Waals surface area contributed by atoms with Gasteiger partial charge in [-0.3, -0.25) is 4.79 Å². The van der Waals surface area contributed by atoms with E-state index in [4.69, 9.17) is 0 Å². The second-order valence-corrected chi connectivity index (χ2v) is 12.2. The van der Waals surface area contributed by atoms with Crippen LogP contribution in [0.15, 0.2) is 24.3 Å². The zero-order valence-electron chi connectivity index (χ0n) is 19.9. The number of rotatable bonds is 3. The van der Waals surface area contributed by atoms with Gasteiger partial charge in [0.25, 0.3) is 5.91 Å². The Hall–Kier alpha value is -1.42. The average molecular weight is 442 g/mol. The van der Waals surface area contributed by atoms with Crippen LogP contribution in [0.3, 0.4) is 0 Å². The molecule has 2 N–H and O–H groups in total. The molecule has 1 aromatic rings. The molecule has 3 nitrogen and oxygen atoms in total. The number of benzene rings is 1. The Morgan fingerprint density at radius 3 is 2.47 bits per heavy atom. The van der Waals surface area contributed by atoms with E-state index < -0.39 is 5.60 Å². The Morgan fingerprint density at radius 2 is 1.72 bits per heavy atom. The van der Waals surface area contributed by atoms with E-state index in [9.17, 15) is 14.3 Å². The fourth-order valence-corrected chi connectivity index (χ4v) is 8.94. The highest BCUT2D eigenvalue weighted by molar-refractivity contribution is 5.94. The van der Waals surface area contributed by atoms with Crippen LogP contribution in [0.2, 0.25) is 0 Å². The largest absolute Gasteiger partial charge is 0.390 e. The van der Waals surface area contributed by atoms with Gasteiger partial charge in [0.2, 0.25) is 0 Å². The molecule has 0 heterocycles. The first-order valence-corrected chi connectivity index (χ1v) is 13.0. The van der Waals surface area contributed by atoms with Crippen molar-refractivity contribution in [1.82, 2.24) is 5.32 Å². The summed E-state index contributed by atoms with van der Waals surface area (Å²) in [4.78, 5) is 12.8. The molecule has 4 aliphatic rings. The van der Waals surface area contributed by atoms with E-state index in [1.807, 2.05) is 6.92 Å². The minimum absolute atomic E-state index is 0.0898. The summed E-state index contributed by atoms with van der Waals surface area (Å²) < 4.78 is 13.2. The molecule has 0 radical (unpaired) electrons. The summed E-state index contributed by atoms with van der Waals surface area (Å²) in [7, 11) is 0. The lowest BCUT2D eigenvalue weighted by molar-refractivity contribution is -0.101. The van der Waals surface area contributed by atoms with E-state index in [0.29, 0.717) is 16.9 Å². The number of carbonyl (C=O) groups excluding carboxylic acids is 1. The summed E-state index contributed by atoms with van der Waals surface area (Å²) in [6, 6.07) is 5.98. The molecule has 4 heteroatoms. The molecule has 1 unspecified atom stereocenters. The zero-order chi connectivity index (χ0) is 22.7. The second kappa shape index (κ2) is 8.11. The van der Waals surface area contributed by atoms with Gasteiger partial charge in [-0.1, -0.05) is 6.92 Å². The van der Waals surface area contributed by atoms with E-state index in [2.05, 4.69) is 19.2 Å². The van der Waals surface area contributed by atoms with Gasteiger partial charge < -0.3 is 10.4 Å². The quantitative estimate of drug-likeness (QED) is 0.608. The normalized spacial score (nSPS) is 44.2. The number of hydrogen-bond donors (Lipinski definition) is 2. The third-order valence-electron chi connectivity index (χ3n) is 10.4. The maximum atomic E-state index is 13.2. The topological polar surface area (TPSA) is 49.3 Å². The molecule has 32 heavy (non-hydrogen) atoms. The number of hydrogen-bond acceptors (Lipinski definition) is 2. The van der Waals surface area contributed by atoms with E-state index in [-0.39, 0.29) is 17.8 Å². The summed E-state index contributed by atoms with van der Waals surface area (Å²) in [5.74, 6) is 4.06. The summed E-state index contributed by atoms with van der Waals surface area (Å²) in [6.07, 6.45) is 10.8. The summed E-state index contributed by atoms with van der Waals surface area (Å²) >= 11 is 0. The first kappa shape index (κ1) is 22.4. The number of fused-ring (bicyclic) bond motifs is 5. The second-order valence-electron chi connectivity index (χ2n) is 12.2. The average Bonchev–Trinajstić information content (AvgIpc) is 3.10. The van der Waals surface area contributed by atoms with E-state index >= 15 is 0 Å². The molecule has 176 valence electrons. The Balaban J connectivity index is 1.27. The molecule has 9 atom stereocenters. The van der Waals surface area contributed by atoms with Gasteiger partial charge in [0.05, 0.1) is 5.60 Å². The van der Waals surface area contributed by atoms with E-state index in [1.165, 1.54) is 57.1 Å². The molecule has 1 aromatic carbocycles. The van der Waals surface area contributed by atoms with Gasteiger partial charge in [-0.25, -0.2) is 4.39 Å². The fourth-order valence-electron chi connectivity index (χ4n) is 8.94. The lowest BCUT2D eigenvalue weighted by atomic mass is 9.49. The molecular weight excluding hydrogens is 401 g/mol. The van der Waals surface area contributed by atoms with Crippen LogP contribution in [0.1, 0.15) is 88.9 Å². The Kier molecular flexibility index (Phi) is 5.67. The van der Waals surface area contributed by atoms with Gasteiger partial charge in [-0.05, 0) is 137 Å². The molecule has 4 aliphatic carbocycles. The summed E-state index contributed by atoms with van der Waals surface area (Å²) in [5.41, 5.74) is 0.380. The zero-order valence-corrected chi connectivity index (χ0v) is 19.9. The van der Waals surface area contributed by atoms with Crippen LogP contribution in [0, 0.1) is 46.7 Å². The van der Waals surface area contributed by atoms with Crippen molar-refractivity contribution in [2.75, 3.05) is 0 Å². The van der Waals surface area contributed by atoms with Crippen molar-refractivity contribution in [2.24, 2.45) is 40.9 Å². The van der Waals surface area contributed by atoms with Crippen LogP contribution in [-0.4, -0.2) is 22.7 Å². The highest BCUT2D eigenvalue weighted by atomic mass is 19.1. The van der Waals surface area contributed by atoms with Crippen molar-refractivity contribution in [3.63, 3.8) is 0 Å². The molecule has 4 saturated carbocycles. The molecule has 4 fully saturated rings. The molecule has 0 bridgehead atoms. The van der Waals surface area contributed by atoms with Crippen molar-refractivity contribution < 1.29 is 14.3 Å². The van der Waals surface area contributed by atoms with Crippen molar-refractivity contribution in [3.05, 3.63) is 35.6 Å². The highest BCUT2D eigenvalue weighted by Gasteiger charge is 2.58. The lowest BCUT2D eigenvalue weighted by Crippen LogP contribution is -2.52. The third-order valence-corrected chi connectivity index (χ3v) is 10.4. The van der Waals surface area contributed by atoms with Crippen molar-refractivity contribution in [3.8, 4) is 0 Å². The molecule has 0 aromatic heterocycles. The van der Waals surface area contributed by atoms with Crippen LogP contribution >= 0.6 is 0 Å².